The van der Waals surface area contributed by atoms with Crippen molar-refractivity contribution in [3.8, 4) is 11.3 Å². The number of carbonyl (C=O) groups is 1. The smallest absolute Gasteiger partial charge is 0.256 e. The molecule has 0 spiro atoms. The average Bonchev–Trinajstić information content (AvgIpc) is 3.38. The molecular formula is C25H27ClN2O2S. The summed E-state index contributed by atoms with van der Waals surface area (Å²) < 4.78 is 6.07. The quantitative estimate of drug-likeness (QED) is 0.443. The minimum atomic E-state index is -0.379. The summed E-state index contributed by atoms with van der Waals surface area (Å²) in [5.74, 6) is 2.07. The van der Waals surface area contributed by atoms with Gasteiger partial charge in [-0.15, -0.1) is 11.3 Å². The number of amides is 1. The number of rotatable bonds is 4. The number of furan rings is 1. The highest BCUT2D eigenvalue weighted by Gasteiger charge is 2.37. The van der Waals surface area contributed by atoms with Crippen molar-refractivity contribution in [3.05, 3.63) is 63.2 Å². The maximum absolute atomic E-state index is 13.1. The van der Waals surface area contributed by atoms with Crippen LogP contribution in [0.5, 0.6) is 0 Å². The topological polar surface area (TPSA) is 54.3 Å². The molecule has 0 radical (unpaired) electrons. The molecule has 0 saturated heterocycles. The highest BCUT2D eigenvalue weighted by atomic mass is 35.5. The van der Waals surface area contributed by atoms with E-state index in [4.69, 9.17) is 16.0 Å². The molecule has 0 unspecified atom stereocenters. The van der Waals surface area contributed by atoms with Crippen molar-refractivity contribution < 1.29 is 9.21 Å². The molecule has 1 aliphatic carbocycles. The van der Waals surface area contributed by atoms with Crippen molar-refractivity contribution in [1.29, 1.82) is 0 Å². The second kappa shape index (κ2) is 7.72. The zero-order valence-corrected chi connectivity index (χ0v) is 19.6. The number of fused-ring (bicyclic) bond motifs is 3. The first-order valence-electron chi connectivity index (χ1n) is 10.9. The summed E-state index contributed by atoms with van der Waals surface area (Å²) in [6, 6.07) is 11.4. The molecule has 3 aromatic rings. The van der Waals surface area contributed by atoms with E-state index in [1.807, 2.05) is 36.4 Å². The van der Waals surface area contributed by atoms with E-state index in [0.29, 0.717) is 22.1 Å². The van der Waals surface area contributed by atoms with E-state index >= 15 is 0 Å². The summed E-state index contributed by atoms with van der Waals surface area (Å²) in [5.41, 5.74) is 3.32. The molecule has 1 aliphatic heterocycles. The number of benzene rings is 1. The molecule has 2 aliphatic rings. The van der Waals surface area contributed by atoms with E-state index in [1.54, 1.807) is 11.3 Å². The fraction of sp³-hybridized carbons (Fsp3) is 0.400. The van der Waals surface area contributed by atoms with Crippen LogP contribution in [0.4, 0.5) is 5.00 Å². The average molecular weight is 455 g/mol. The molecule has 4 nitrogen and oxygen atoms in total. The molecular weight excluding hydrogens is 428 g/mol. The van der Waals surface area contributed by atoms with E-state index in [0.717, 1.165) is 41.2 Å². The normalized spacial score (nSPS) is 20.6. The Labute approximate surface area is 192 Å². The van der Waals surface area contributed by atoms with Gasteiger partial charge in [-0.25, -0.2) is 0 Å². The van der Waals surface area contributed by atoms with Gasteiger partial charge < -0.3 is 15.1 Å². The van der Waals surface area contributed by atoms with Crippen LogP contribution in [0.3, 0.4) is 0 Å². The Hall–Kier alpha value is -2.24. The largest absolute Gasteiger partial charge is 0.457 e. The van der Waals surface area contributed by atoms with Crippen LogP contribution in [-0.4, -0.2) is 5.91 Å². The molecule has 2 N–H and O–H groups in total. The van der Waals surface area contributed by atoms with Crippen LogP contribution in [0, 0.1) is 11.3 Å². The Morgan fingerprint density at radius 3 is 2.84 bits per heavy atom. The summed E-state index contributed by atoms with van der Waals surface area (Å²) in [6.45, 7) is 7.01. The Kier molecular flexibility index (Phi) is 5.14. The second-order valence-electron chi connectivity index (χ2n) is 9.25. The second-order valence-corrected chi connectivity index (χ2v) is 10.8. The van der Waals surface area contributed by atoms with Gasteiger partial charge in [0.25, 0.3) is 5.91 Å². The maximum atomic E-state index is 13.1. The number of hydrogen-bond acceptors (Lipinski definition) is 4. The third kappa shape index (κ3) is 3.68. The zero-order valence-electron chi connectivity index (χ0n) is 18.0. The number of carbonyl (C=O) groups excluding carboxylic acids is 1. The molecule has 6 heteroatoms. The first-order valence-corrected chi connectivity index (χ1v) is 12.1. The molecule has 0 fully saturated rings. The highest BCUT2D eigenvalue weighted by Crippen LogP contribution is 2.47. The number of thiophene rings is 1. The summed E-state index contributed by atoms with van der Waals surface area (Å²) in [5, 5.41) is 8.23. The Morgan fingerprint density at radius 2 is 2.06 bits per heavy atom. The zero-order chi connectivity index (χ0) is 21.8. The molecule has 31 heavy (non-hydrogen) atoms. The van der Waals surface area contributed by atoms with Crippen LogP contribution in [0.25, 0.3) is 11.3 Å². The third-order valence-electron chi connectivity index (χ3n) is 7.08. The first-order chi connectivity index (χ1) is 14.9. The van der Waals surface area contributed by atoms with E-state index in [2.05, 4.69) is 31.4 Å². The molecule has 1 aromatic carbocycles. The lowest BCUT2D eigenvalue weighted by molar-refractivity contribution is 0.0930. The molecule has 1 amide bonds. The summed E-state index contributed by atoms with van der Waals surface area (Å²) in [7, 11) is 0. The molecule has 5 rings (SSSR count). The van der Waals surface area contributed by atoms with Gasteiger partial charge in [0.05, 0.1) is 5.56 Å². The summed E-state index contributed by atoms with van der Waals surface area (Å²) in [4.78, 5) is 14.4. The van der Waals surface area contributed by atoms with E-state index in [9.17, 15) is 4.79 Å². The molecule has 162 valence electrons. The van der Waals surface area contributed by atoms with Gasteiger partial charge in [0.1, 0.15) is 16.5 Å². The van der Waals surface area contributed by atoms with E-state index in [1.165, 1.54) is 16.9 Å². The van der Waals surface area contributed by atoms with Gasteiger partial charge in [0.2, 0.25) is 0 Å². The summed E-state index contributed by atoms with van der Waals surface area (Å²) in [6.07, 6.45) is 3.99. The van der Waals surface area contributed by atoms with Gasteiger partial charge in [-0.3, -0.25) is 4.79 Å². The van der Waals surface area contributed by atoms with Crippen molar-refractivity contribution in [2.24, 2.45) is 11.3 Å². The monoisotopic (exact) mass is 454 g/mol. The first kappa shape index (κ1) is 20.7. The van der Waals surface area contributed by atoms with Crippen molar-refractivity contribution in [3.63, 3.8) is 0 Å². The van der Waals surface area contributed by atoms with Gasteiger partial charge in [-0.1, -0.05) is 50.9 Å². The fourth-order valence-corrected chi connectivity index (χ4v) is 6.24. The number of anilines is 1. The Balaban J connectivity index is 1.40. The third-order valence-corrected chi connectivity index (χ3v) is 8.50. The van der Waals surface area contributed by atoms with E-state index in [-0.39, 0.29) is 12.1 Å². The maximum Gasteiger partial charge on any atom is 0.256 e. The number of nitrogens with one attached hydrogen (secondary N) is 2. The molecule has 0 bridgehead atoms. The van der Waals surface area contributed by atoms with Crippen molar-refractivity contribution in [2.75, 3.05) is 5.32 Å². The standard InChI is InChI=1S/C25H27ClN2O2S/c1-4-25(2,3)15-8-9-17-20(13-15)31-24-21(17)23(29)27-22(28-24)19-11-10-18(30-19)14-6-5-7-16(26)12-14/h5-7,10-12,15,22,28H,4,8-9,13H2,1-3H3,(H,27,29)/t15-,22+/m0/s1. The lowest BCUT2D eigenvalue weighted by Crippen LogP contribution is -2.38. The van der Waals surface area contributed by atoms with Crippen molar-refractivity contribution in [1.82, 2.24) is 5.32 Å². The predicted octanol–water partition coefficient (Wildman–Crippen LogP) is 7.06. The van der Waals surface area contributed by atoms with Gasteiger partial charge in [0.15, 0.2) is 6.17 Å². The van der Waals surface area contributed by atoms with Crippen LogP contribution in [0.2, 0.25) is 5.02 Å². The number of hydrogen-bond donors (Lipinski definition) is 2. The molecule has 3 heterocycles. The molecule has 2 atom stereocenters. The van der Waals surface area contributed by atoms with Gasteiger partial charge in [-0.2, -0.15) is 0 Å². The van der Waals surface area contributed by atoms with E-state index < -0.39 is 0 Å². The minimum Gasteiger partial charge on any atom is -0.457 e. The van der Waals surface area contributed by atoms with Gasteiger partial charge in [-0.05, 0) is 60.4 Å². The predicted molar refractivity (Wildman–Crippen MR) is 127 cm³/mol. The van der Waals surface area contributed by atoms with Crippen LogP contribution in [-0.2, 0) is 12.8 Å². The lowest BCUT2D eigenvalue weighted by Gasteiger charge is -2.36. The van der Waals surface area contributed by atoms with Crippen LogP contribution in [0.1, 0.15) is 66.3 Å². The Morgan fingerprint density at radius 1 is 1.23 bits per heavy atom. The lowest BCUT2D eigenvalue weighted by atomic mass is 9.69. The van der Waals surface area contributed by atoms with Crippen molar-refractivity contribution in [2.45, 2.75) is 52.6 Å². The van der Waals surface area contributed by atoms with Crippen molar-refractivity contribution >= 4 is 33.8 Å². The van der Waals surface area contributed by atoms with Crippen LogP contribution in [0.15, 0.2) is 40.8 Å². The van der Waals surface area contributed by atoms with Crippen LogP contribution >= 0.6 is 22.9 Å². The van der Waals surface area contributed by atoms with Gasteiger partial charge >= 0.3 is 0 Å². The minimum absolute atomic E-state index is 0.00911. The Bertz CT molecular complexity index is 1150. The summed E-state index contributed by atoms with van der Waals surface area (Å²) >= 11 is 7.86. The number of halogens is 1. The molecule has 2 aromatic heterocycles. The SMILES string of the molecule is CCC(C)(C)[C@H]1CCc2c(sc3c2C(=O)N[C@@H](c2ccc(-c4cccc(Cl)c4)o2)N3)C1. The fourth-order valence-electron chi connectivity index (χ4n) is 4.70. The molecule has 0 saturated carbocycles. The van der Waals surface area contributed by atoms with Gasteiger partial charge in [0, 0.05) is 15.5 Å². The van der Waals surface area contributed by atoms with Crippen LogP contribution < -0.4 is 10.6 Å². The highest BCUT2D eigenvalue weighted by molar-refractivity contribution is 7.16.